The molecule has 1 aromatic carbocycles. The fraction of sp³-hybridized carbons (Fsp3) is 0.417. The Hall–Kier alpha value is -1.40. The molecule has 0 unspecified atom stereocenters. The van der Waals surface area contributed by atoms with Gasteiger partial charge in [-0.3, -0.25) is 9.36 Å². The zero-order chi connectivity index (χ0) is 15.3. The lowest BCUT2D eigenvalue weighted by molar-refractivity contribution is -0.138. The van der Waals surface area contributed by atoms with Gasteiger partial charge in [0.25, 0.3) is 0 Å². The molecule has 0 radical (unpaired) electrons. The van der Waals surface area contributed by atoms with Gasteiger partial charge in [-0.2, -0.15) is 0 Å². The van der Waals surface area contributed by atoms with Crippen molar-refractivity contribution in [1.82, 2.24) is 0 Å². The average Bonchev–Trinajstić information content (AvgIpc) is 2.30. The van der Waals surface area contributed by atoms with Crippen molar-refractivity contribution in [2.24, 2.45) is 5.73 Å². The summed E-state index contributed by atoms with van der Waals surface area (Å²) in [4.78, 5) is 28.8. The molecule has 1 atom stereocenters. The van der Waals surface area contributed by atoms with Crippen LogP contribution in [0.25, 0.3) is 0 Å². The van der Waals surface area contributed by atoms with E-state index in [1.165, 1.54) is 6.07 Å². The van der Waals surface area contributed by atoms with E-state index >= 15 is 0 Å². The van der Waals surface area contributed by atoms with Gasteiger partial charge < -0.3 is 25.4 Å². The molecule has 0 saturated heterocycles. The van der Waals surface area contributed by atoms with E-state index in [1.54, 1.807) is 19.1 Å². The van der Waals surface area contributed by atoms with Crippen molar-refractivity contribution in [1.29, 1.82) is 0 Å². The summed E-state index contributed by atoms with van der Waals surface area (Å²) >= 11 is 0. The van der Waals surface area contributed by atoms with Crippen molar-refractivity contribution in [3.05, 3.63) is 29.3 Å². The van der Waals surface area contributed by atoms with Gasteiger partial charge in [-0.15, -0.1) is 0 Å². The summed E-state index contributed by atoms with van der Waals surface area (Å²) < 4.78 is 16.4. The number of hydrogen-bond donors (Lipinski definition) is 4. The van der Waals surface area contributed by atoms with Crippen molar-refractivity contribution >= 4 is 13.6 Å². The normalized spacial score (nSPS) is 13.0. The van der Waals surface area contributed by atoms with Crippen molar-refractivity contribution in [2.45, 2.75) is 25.5 Å². The van der Waals surface area contributed by atoms with Crippen LogP contribution in [-0.4, -0.2) is 33.5 Å². The lowest BCUT2D eigenvalue weighted by atomic mass is 10.0. The zero-order valence-electron chi connectivity index (χ0n) is 11.0. The quantitative estimate of drug-likeness (QED) is 0.546. The molecule has 0 aliphatic heterocycles. The molecule has 0 fully saturated rings. The Kier molecular flexibility index (Phi) is 5.71. The molecule has 0 spiro atoms. The van der Waals surface area contributed by atoms with Crippen LogP contribution in [0.3, 0.4) is 0 Å². The lowest BCUT2D eigenvalue weighted by Crippen LogP contribution is -2.32. The van der Waals surface area contributed by atoms with Crippen LogP contribution in [0.1, 0.15) is 18.1 Å². The van der Waals surface area contributed by atoms with E-state index in [9.17, 15) is 9.36 Å². The van der Waals surface area contributed by atoms with Gasteiger partial charge in [-0.25, -0.2) is 0 Å². The van der Waals surface area contributed by atoms with Crippen LogP contribution < -0.4 is 10.5 Å². The summed E-state index contributed by atoms with van der Waals surface area (Å²) in [5, 5.41) is 8.76. The second-order valence-electron chi connectivity index (χ2n) is 4.35. The van der Waals surface area contributed by atoms with Crippen LogP contribution in [-0.2, 0) is 21.9 Å². The third-order valence-electron chi connectivity index (χ3n) is 2.57. The van der Waals surface area contributed by atoms with Crippen LogP contribution in [0.15, 0.2) is 18.2 Å². The third-order valence-corrected chi connectivity index (χ3v) is 3.33. The Labute approximate surface area is 116 Å². The predicted molar refractivity (Wildman–Crippen MR) is 72.7 cm³/mol. The molecule has 0 aliphatic rings. The van der Waals surface area contributed by atoms with Gasteiger partial charge in [0.2, 0.25) is 0 Å². The first-order valence-electron chi connectivity index (χ1n) is 6.00. The summed E-state index contributed by atoms with van der Waals surface area (Å²) in [5.74, 6) is -0.751. The molecular weight excluding hydrogens is 285 g/mol. The maximum Gasteiger partial charge on any atom is 0.330 e. The summed E-state index contributed by atoms with van der Waals surface area (Å²) in [6.07, 6.45) is -0.381. The molecule has 1 aromatic rings. The van der Waals surface area contributed by atoms with E-state index in [1.807, 2.05) is 0 Å². The number of aliphatic carboxylic acids is 1. The van der Waals surface area contributed by atoms with Gasteiger partial charge in [0.15, 0.2) is 0 Å². The fourth-order valence-corrected chi connectivity index (χ4v) is 2.43. The highest BCUT2D eigenvalue weighted by atomic mass is 31.2. The van der Waals surface area contributed by atoms with E-state index in [0.717, 1.165) is 0 Å². The van der Waals surface area contributed by atoms with E-state index in [-0.39, 0.29) is 6.42 Å². The van der Waals surface area contributed by atoms with Gasteiger partial charge in [0.1, 0.15) is 11.8 Å². The van der Waals surface area contributed by atoms with E-state index in [0.29, 0.717) is 23.5 Å². The minimum absolute atomic E-state index is 0.0793. The molecular formula is C12H18NO6P. The molecule has 20 heavy (non-hydrogen) atoms. The summed E-state index contributed by atoms with van der Waals surface area (Å²) in [5.41, 5.74) is 6.37. The van der Waals surface area contributed by atoms with Crippen molar-refractivity contribution in [2.75, 3.05) is 6.61 Å². The summed E-state index contributed by atoms with van der Waals surface area (Å²) in [7, 11) is -4.24. The Morgan fingerprint density at radius 1 is 1.45 bits per heavy atom. The predicted octanol–water partition coefficient (Wildman–Crippen LogP) is 0.717. The standard InChI is InChI=1S/C12H18NO6P/c1-2-19-11-4-3-8(6-10(13)12(14)15)5-9(11)7-20(16,17)18/h3-5,10H,2,6-7,13H2,1H3,(H,14,15)(H2,16,17,18)/t10-/m0/s1. The molecule has 0 aromatic heterocycles. The number of carboxylic acid groups (broad SMARTS) is 1. The van der Waals surface area contributed by atoms with Crippen LogP contribution >= 0.6 is 7.60 Å². The largest absolute Gasteiger partial charge is 0.494 e. The SMILES string of the molecule is CCOc1ccc(C[C@H](N)C(=O)O)cc1CP(=O)(O)O. The molecule has 112 valence electrons. The number of carbonyl (C=O) groups is 1. The highest BCUT2D eigenvalue weighted by Gasteiger charge is 2.19. The van der Waals surface area contributed by atoms with Gasteiger partial charge in [0, 0.05) is 5.56 Å². The average molecular weight is 303 g/mol. The zero-order valence-corrected chi connectivity index (χ0v) is 11.9. The fourth-order valence-electron chi connectivity index (χ4n) is 1.74. The van der Waals surface area contributed by atoms with Crippen LogP contribution in [0.5, 0.6) is 5.75 Å². The number of benzene rings is 1. The van der Waals surface area contributed by atoms with E-state index in [2.05, 4.69) is 0 Å². The molecule has 5 N–H and O–H groups in total. The maximum atomic E-state index is 11.1. The first-order valence-corrected chi connectivity index (χ1v) is 7.80. The Balaban J connectivity index is 3.03. The van der Waals surface area contributed by atoms with Crippen LogP contribution in [0, 0.1) is 0 Å². The monoisotopic (exact) mass is 303 g/mol. The second kappa shape index (κ2) is 6.85. The molecule has 7 nitrogen and oxygen atoms in total. The third kappa shape index (κ3) is 5.30. The van der Waals surface area contributed by atoms with Crippen molar-refractivity contribution in [3.63, 3.8) is 0 Å². The maximum absolute atomic E-state index is 11.1. The molecule has 1 rings (SSSR count). The van der Waals surface area contributed by atoms with E-state index in [4.69, 9.17) is 25.4 Å². The number of ether oxygens (including phenoxy) is 1. The van der Waals surface area contributed by atoms with Crippen molar-refractivity contribution in [3.8, 4) is 5.75 Å². The Morgan fingerprint density at radius 3 is 2.60 bits per heavy atom. The summed E-state index contributed by atoms with van der Waals surface area (Å²) in [6, 6.07) is 3.67. The number of carboxylic acids is 1. The Morgan fingerprint density at radius 2 is 2.10 bits per heavy atom. The van der Waals surface area contributed by atoms with Crippen LogP contribution in [0.2, 0.25) is 0 Å². The van der Waals surface area contributed by atoms with Crippen molar-refractivity contribution < 1.29 is 29.0 Å². The molecule has 0 amide bonds. The molecule has 8 heteroatoms. The van der Waals surface area contributed by atoms with Gasteiger partial charge in [-0.05, 0) is 25.0 Å². The molecule has 0 saturated carbocycles. The Bertz CT molecular complexity index is 527. The first-order chi connectivity index (χ1) is 9.23. The van der Waals surface area contributed by atoms with E-state index < -0.39 is 25.8 Å². The highest BCUT2D eigenvalue weighted by Crippen LogP contribution is 2.41. The number of rotatable bonds is 7. The summed E-state index contributed by atoms with van der Waals surface area (Å²) in [6.45, 7) is 2.12. The van der Waals surface area contributed by atoms with Gasteiger partial charge >= 0.3 is 13.6 Å². The lowest BCUT2D eigenvalue weighted by Gasteiger charge is -2.14. The van der Waals surface area contributed by atoms with Gasteiger partial charge in [0.05, 0.1) is 12.8 Å². The van der Waals surface area contributed by atoms with Crippen LogP contribution in [0.4, 0.5) is 0 Å². The molecule has 0 aliphatic carbocycles. The van der Waals surface area contributed by atoms with Gasteiger partial charge in [-0.1, -0.05) is 12.1 Å². The first kappa shape index (κ1) is 16.7. The minimum Gasteiger partial charge on any atom is -0.494 e. The number of nitrogens with two attached hydrogens (primary N) is 1. The molecule has 0 bridgehead atoms. The number of hydrogen-bond acceptors (Lipinski definition) is 4. The smallest absolute Gasteiger partial charge is 0.330 e. The topological polar surface area (TPSA) is 130 Å². The second-order valence-corrected chi connectivity index (χ2v) is 5.99. The highest BCUT2D eigenvalue weighted by molar-refractivity contribution is 7.50. The molecule has 0 heterocycles. The minimum atomic E-state index is -4.24.